The van der Waals surface area contributed by atoms with Crippen molar-refractivity contribution in [2.45, 2.75) is 0 Å². The molecule has 7 nitrogen and oxygen atoms in total. The predicted octanol–water partition coefficient (Wildman–Crippen LogP) is 4.58. The van der Waals surface area contributed by atoms with E-state index >= 15 is 0 Å². The third-order valence-electron chi connectivity index (χ3n) is 5.07. The fourth-order valence-electron chi connectivity index (χ4n) is 3.48. The Hall–Kier alpha value is -4.83. The number of pyridine rings is 1. The molecule has 0 aliphatic rings. The summed E-state index contributed by atoms with van der Waals surface area (Å²) < 4.78 is 1.60. The molecule has 0 radical (unpaired) electrons. The maximum atomic E-state index is 13.2. The zero-order valence-electron chi connectivity index (χ0n) is 16.8. The highest BCUT2D eigenvalue weighted by molar-refractivity contribution is 6.09. The predicted molar refractivity (Wildman–Crippen MR) is 121 cm³/mol. The molecular weight excluding hydrogens is 400 g/mol. The summed E-state index contributed by atoms with van der Waals surface area (Å²) in [5, 5.41) is 16.3. The molecule has 0 unspecified atom stereocenters. The lowest BCUT2D eigenvalue weighted by Crippen LogP contribution is -2.14. The van der Waals surface area contributed by atoms with Gasteiger partial charge in [-0.2, -0.15) is 10.4 Å². The van der Waals surface area contributed by atoms with Gasteiger partial charge in [0.1, 0.15) is 0 Å². The Balaban J connectivity index is 1.50. The molecular formula is C25H16N6O. The van der Waals surface area contributed by atoms with Gasteiger partial charge in [0.2, 0.25) is 0 Å². The van der Waals surface area contributed by atoms with Crippen molar-refractivity contribution in [3.63, 3.8) is 0 Å². The van der Waals surface area contributed by atoms with E-state index in [0.717, 1.165) is 22.4 Å². The van der Waals surface area contributed by atoms with Gasteiger partial charge in [0.25, 0.3) is 5.91 Å². The second-order valence-corrected chi connectivity index (χ2v) is 7.07. The van der Waals surface area contributed by atoms with Crippen LogP contribution in [0, 0.1) is 11.3 Å². The van der Waals surface area contributed by atoms with Gasteiger partial charge in [-0.3, -0.25) is 9.78 Å². The first-order chi connectivity index (χ1) is 15.7. The molecule has 0 atom stereocenters. The van der Waals surface area contributed by atoms with Crippen molar-refractivity contribution in [2.75, 3.05) is 5.32 Å². The average Bonchev–Trinajstić information content (AvgIpc) is 3.29. The van der Waals surface area contributed by atoms with Crippen molar-refractivity contribution in [1.82, 2.24) is 19.6 Å². The van der Waals surface area contributed by atoms with Gasteiger partial charge < -0.3 is 5.32 Å². The monoisotopic (exact) mass is 416 g/mol. The maximum Gasteiger partial charge on any atom is 0.259 e. The first-order valence-electron chi connectivity index (χ1n) is 9.88. The van der Waals surface area contributed by atoms with Gasteiger partial charge in [0.15, 0.2) is 5.65 Å². The minimum atomic E-state index is -0.314. The number of aromatic nitrogens is 4. The molecule has 5 rings (SSSR count). The number of benzene rings is 2. The van der Waals surface area contributed by atoms with Gasteiger partial charge in [-0.1, -0.05) is 42.5 Å². The number of nitrogens with one attached hydrogen (secondary N) is 1. The highest BCUT2D eigenvalue weighted by Crippen LogP contribution is 2.28. The summed E-state index contributed by atoms with van der Waals surface area (Å²) in [6.45, 7) is 0. The summed E-state index contributed by atoms with van der Waals surface area (Å²) >= 11 is 0. The Kier molecular flexibility index (Phi) is 4.86. The van der Waals surface area contributed by atoms with Crippen LogP contribution in [0.1, 0.15) is 15.9 Å². The minimum absolute atomic E-state index is 0.314. The Labute approximate surface area is 183 Å². The average molecular weight is 416 g/mol. The molecule has 3 aromatic heterocycles. The van der Waals surface area contributed by atoms with Gasteiger partial charge in [0.05, 0.1) is 41.0 Å². The second kappa shape index (κ2) is 8.13. The molecule has 0 saturated carbocycles. The van der Waals surface area contributed by atoms with Crippen LogP contribution in [0.3, 0.4) is 0 Å². The number of hydrogen-bond donors (Lipinski definition) is 1. The van der Waals surface area contributed by atoms with Gasteiger partial charge in [-0.05, 0) is 29.8 Å². The largest absolute Gasteiger partial charge is 0.320 e. The van der Waals surface area contributed by atoms with Crippen LogP contribution in [-0.2, 0) is 0 Å². The number of amides is 1. The quantitative estimate of drug-likeness (QED) is 0.463. The number of rotatable bonds is 4. The van der Waals surface area contributed by atoms with E-state index in [1.807, 2.05) is 48.5 Å². The zero-order chi connectivity index (χ0) is 21.9. The van der Waals surface area contributed by atoms with Gasteiger partial charge in [-0.15, -0.1) is 0 Å². The van der Waals surface area contributed by atoms with Crippen LogP contribution < -0.4 is 5.32 Å². The number of imidazole rings is 1. The highest BCUT2D eigenvalue weighted by Gasteiger charge is 2.16. The van der Waals surface area contributed by atoms with Crippen molar-refractivity contribution >= 4 is 17.2 Å². The molecule has 7 heteroatoms. The lowest BCUT2D eigenvalue weighted by molar-refractivity contribution is 0.102. The summed E-state index contributed by atoms with van der Waals surface area (Å²) in [5.74, 6) is -0.314. The van der Waals surface area contributed by atoms with Crippen molar-refractivity contribution in [2.24, 2.45) is 0 Å². The van der Waals surface area contributed by atoms with Crippen molar-refractivity contribution < 1.29 is 4.79 Å². The molecule has 32 heavy (non-hydrogen) atoms. The molecule has 1 N–H and O–H groups in total. The lowest BCUT2D eigenvalue weighted by Gasteiger charge is -2.11. The summed E-state index contributed by atoms with van der Waals surface area (Å²) in [6.07, 6.45) is 6.64. The molecule has 0 spiro atoms. The molecule has 5 aromatic rings. The third-order valence-corrected chi connectivity index (χ3v) is 5.07. The molecule has 1 amide bonds. The molecule has 0 bridgehead atoms. The SMILES string of the molecule is N#Cc1ccc(-c2ccncc2NC(=O)c2ccnn3cc(-c4ccccc4)nc23)cc1. The Morgan fingerprint density at radius 2 is 1.75 bits per heavy atom. The van der Waals surface area contributed by atoms with Crippen LogP contribution in [0.15, 0.2) is 91.5 Å². The van der Waals surface area contributed by atoms with Gasteiger partial charge in [-0.25, -0.2) is 9.50 Å². The number of carbonyl (C=O) groups excluding carboxylic acids is 1. The molecule has 2 aromatic carbocycles. The topological polar surface area (TPSA) is 96.0 Å². The summed E-state index contributed by atoms with van der Waals surface area (Å²) in [6, 6.07) is 22.5. The van der Waals surface area contributed by atoms with E-state index in [1.54, 1.807) is 47.5 Å². The van der Waals surface area contributed by atoms with E-state index < -0.39 is 0 Å². The van der Waals surface area contributed by atoms with Crippen molar-refractivity contribution in [1.29, 1.82) is 5.26 Å². The van der Waals surface area contributed by atoms with E-state index in [0.29, 0.717) is 22.5 Å². The van der Waals surface area contributed by atoms with E-state index in [1.165, 1.54) is 0 Å². The zero-order valence-corrected chi connectivity index (χ0v) is 16.8. The van der Waals surface area contributed by atoms with Crippen LogP contribution in [-0.4, -0.2) is 25.5 Å². The number of nitriles is 1. The smallest absolute Gasteiger partial charge is 0.259 e. The van der Waals surface area contributed by atoms with Crippen LogP contribution in [0.2, 0.25) is 0 Å². The molecule has 0 aliphatic heterocycles. The fourth-order valence-corrected chi connectivity index (χ4v) is 3.48. The molecule has 152 valence electrons. The number of fused-ring (bicyclic) bond motifs is 1. The van der Waals surface area contributed by atoms with Crippen LogP contribution in [0.25, 0.3) is 28.0 Å². The Bertz CT molecular complexity index is 1470. The molecule has 0 saturated heterocycles. The van der Waals surface area contributed by atoms with Crippen LogP contribution in [0.5, 0.6) is 0 Å². The van der Waals surface area contributed by atoms with Gasteiger partial charge in [0, 0.05) is 23.5 Å². The fraction of sp³-hybridized carbons (Fsp3) is 0. The van der Waals surface area contributed by atoms with Crippen molar-refractivity contribution in [3.8, 4) is 28.5 Å². The van der Waals surface area contributed by atoms with Crippen LogP contribution >= 0.6 is 0 Å². The number of nitrogens with zero attached hydrogens (tertiary/aromatic N) is 5. The van der Waals surface area contributed by atoms with Crippen LogP contribution in [0.4, 0.5) is 5.69 Å². The first-order valence-corrected chi connectivity index (χ1v) is 9.88. The first kappa shape index (κ1) is 19.2. The molecule has 0 aliphatic carbocycles. The van der Waals surface area contributed by atoms with E-state index in [4.69, 9.17) is 5.26 Å². The number of hydrogen-bond acceptors (Lipinski definition) is 5. The summed E-state index contributed by atoms with van der Waals surface area (Å²) in [4.78, 5) is 22.0. The highest BCUT2D eigenvalue weighted by atomic mass is 16.1. The lowest BCUT2D eigenvalue weighted by atomic mass is 10.0. The number of anilines is 1. The summed E-state index contributed by atoms with van der Waals surface area (Å²) in [5.41, 5.74) is 5.35. The van der Waals surface area contributed by atoms with E-state index in [9.17, 15) is 4.79 Å². The second-order valence-electron chi connectivity index (χ2n) is 7.07. The Morgan fingerprint density at radius 3 is 2.53 bits per heavy atom. The van der Waals surface area contributed by atoms with E-state index in [-0.39, 0.29) is 5.91 Å². The Morgan fingerprint density at radius 1 is 0.938 bits per heavy atom. The standard InChI is InChI=1S/C25H16N6O/c26-14-17-6-8-18(9-7-17)20-10-12-27-15-22(20)30-25(32)21-11-13-28-31-16-23(29-24(21)31)19-4-2-1-3-5-19/h1-13,15-16H,(H,30,32). The number of carbonyl (C=O) groups is 1. The maximum absolute atomic E-state index is 13.2. The minimum Gasteiger partial charge on any atom is -0.320 e. The third kappa shape index (κ3) is 3.57. The molecule has 0 fully saturated rings. The van der Waals surface area contributed by atoms with E-state index in [2.05, 4.69) is 26.5 Å². The normalized spacial score (nSPS) is 10.6. The van der Waals surface area contributed by atoms with Gasteiger partial charge >= 0.3 is 0 Å². The summed E-state index contributed by atoms with van der Waals surface area (Å²) in [7, 11) is 0. The molecule has 3 heterocycles. The van der Waals surface area contributed by atoms with Crippen molar-refractivity contribution in [3.05, 3.63) is 103 Å².